The first-order valence-electron chi connectivity index (χ1n) is 5.00. The van der Waals surface area contributed by atoms with Crippen LogP contribution in [-0.4, -0.2) is 27.7 Å². The van der Waals surface area contributed by atoms with Crippen LogP contribution in [0.1, 0.15) is 15.4 Å². The van der Waals surface area contributed by atoms with Crippen molar-refractivity contribution in [1.29, 1.82) is 0 Å². The van der Waals surface area contributed by atoms with E-state index in [-0.39, 0.29) is 10.4 Å². The zero-order chi connectivity index (χ0) is 13.3. The third-order valence-corrected chi connectivity index (χ3v) is 3.46. The Labute approximate surface area is 106 Å². The molecule has 0 spiro atoms. The summed E-state index contributed by atoms with van der Waals surface area (Å²) in [5.41, 5.74) is 0.0743. The minimum absolute atomic E-state index is 0.132. The van der Waals surface area contributed by atoms with Gasteiger partial charge in [-0.25, -0.2) is 9.78 Å². The summed E-state index contributed by atoms with van der Waals surface area (Å²) in [5, 5.41) is 9.27. The smallest absolute Gasteiger partial charge is 0.347 e. The molecular formula is C11H10N2O4S. The lowest BCUT2D eigenvalue weighted by molar-refractivity contribution is 0.0701. The van der Waals surface area contributed by atoms with Gasteiger partial charge in [-0.2, -0.15) is 0 Å². The Morgan fingerprint density at radius 2 is 2.28 bits per heavy atom. The van der Waals surface area contributed by atoms with Gasteiger partial charge in [0.2, 0.25) is 0 Å². The largest absolute Gasteiger partial charge is 0.497 e. The van der Waals surface area contributed by atoms with Crippen molar-refractivity contribution in [2.45, 2.75) is 6.92 Å². The molecule has 2 rings (SSSR count). The van der Waals surface area contributed by atoms with E-state index >= 15 is 0 Å². The first kappa shape index (κ1) is 12.3. The fraction of sp³-hybridized carbons (Fsp3) is 0.182. The molecule has 18 heavy (non-hydrogen) atoms. The molecule has 0 radical (unpaired) electrons. The van der Waals surface area contributed by atoms with E-state index in [1.54, 1.807) is 13.0 Å². The summed E-state index contributed by atoms with van der Waals surface area (Å²) < 4.78 is 6.21. The van der Waals surface area contributed by atoms with Gasteiger partial charge in [0.05, 0.1) is 12.8 Å². The molecule has 0 aliphatic carbocycles. The number of aromatic nitrogens is 2. The van der Waals surface area contributed by atoms with Crippen LogP contribution in [0.25, 0.3) is 5.13 Å². The van der Waals surface area contributed by atoms with Gasteiger partial charge in [0.25, 0.3) is 5.56 Å². The fourth-order valence-electron chi connectivity index (χ4n) is 1.43. The van der Waals surface area contributed by atoms with Crippen molar-refractivity contribution in [2.75, 3.05) is 7.11 Å². The number of aryl methyl sites for hydroxylation is 1. The Kier molecular flexibility index (Phi) is 3.15. The molecule has 0 saturated heterocycles. The van der Waals surface area contributed by atoms with Crippen molar-refractivity contribution in [3.05, 3.63) is 39.3 Å². The molecule has 0 fully saturated rings. The maximum Gasteiger partial charge on any atom is 0.347 e. The minimum Gasteiger partial charge on any atom is -0.497 e. The Bertz CT molecular complexity index is 659. The van der Waals surface area contributed by atoms with Crippen LogP contribution in [0.2, 0.25) is 0 Å². The Balaban J connectivity index is 2.52. The molecule has 0 amide bonds. The van der Waals surface area contributed by atoms with Crippen LogP contribution in [0.4, 0.5) is 0 Å². The molecule has 0 aliphatic heterocycles. The van der Waals surface area contributed by atoms with Crippen molar-refractivity contribution in [1.82, 2.24) is 9.55 Å². The molecule has 0 bridgehead atoms. The predicted molar refractivity (Wildman–Crippen MR) is 66.0 cm³/mol. The second kappa shape index (κ2) is 4.61. The average molecular weight is 266 g/mol. The summed E-state index contributed by atoms with van der Waals surface area (Å²) in [7, 11) is 1.47. The maximum atomic E-state index is 11.8. The summed E-state index contributed by atoms with van der Waals surface area (Å²) in [6.07, 6.45) is 1.51. The van der Waals surface area contributed by atoms with Gasteiger partial charge in [0, 0.05) is 12.3 Å². The molecule has 94 valence electrons. The van der Waals surface area contributed by atoms with Gasteiger partial charge < -0.3 is 9.84 Å². The number of pyridine rings is 1. The Morgan fingerprint density at radius 3 is 2.78 bits per heavy atom. The van der Waals surface area contributed by atoms with Gasteiger partial charge >= 0.3 is 5.97 Å². The van der Waals surface area contributed by atoms with Crippen LogP contribution in [0.15, 0.2) is 23.1 Å². The van der Waals surface area contributed by atoms with Crippen LogP contribution in [0, 0.1) is 6.92 Å². The maximum absolute atomic E-state index is 11.8. The predicted octanol–water partition coefficient (Wildman–Crippen LogP) is 1.31. The zero-order valence-corrected chi connectivity index (χ0v) is 10.5. The highest BCUT2D eigenvalue weighted by atomic mass is 32.1. The van der Waals surface area contributed by atoms with E-state index < -0.39 is 5.97 Å². The van der Waals surface area contributed by atoms with Crippen LogP contribution in [0.3, 0.4) is 0 Å². The average Bonchev–Trinajstić information content (AvgIpc) is 2.71. The number of hydrogen-bond donors (Lipinski definition) is 1. The lowest BCUT2D eigenvalue weighted by Gasteiger charge is -2.02. The summed E-state index contributed by atoms with van der Waals surface area (Å²) in [5.74, 6) is -0.596. The van der Waals surface area contributed by atoms with Gasteiger partial charge in [0.15, 0.2) is 5.13 Å². The second-order valence-corrected chi connectivity index (χ2v) is 4.47. The van der Waals surface area contributed by atoms with Gasteiger partial charge in [-0.05, 0) is 13.0 Å². The molecule has 6 nitrogen and oxygen atoms in total. The number of thiazole rings is 1. The monoisotopic (exact) mass is 266 g/mol. The highest BCUT2D eigenvalue weighted by Crippen LogP contribution is 2.20. The molecule has 0 aliphatic rings. The van der Waals surface area contributed by atoms with Gasteiger partial charge in [-0.3, -0.25) is 9.36 Å². The van der Waals surface area contributed by atoms with Crippen LogP contribution in [0.5, 0.6) is 5.75 Å². The first-order valence-corrected chi connectivity index (χ1v) is 5.82. The van der Waals surface area contributed by atoms with E-state index in [9.17, 15) is 9.59 Å². The highest BCUT2D eigenvalue weighted by Gasteiger charge is 2.15. The summed E-state index contributed by atoms with van der Waals surface area (Å²) in [4.78, 5) is 26.9. The van der Waals surface area contributed by atoms with Crippen LogP contribution >= 0.6 is 11.3 Å². The van der Waals surface area contributed by atoms with Crippen molar-refractivity contribution >= 4 is 17.3 Å². The van der Waals surface area contributed by atoms with E-state index in [4.69, 9.17) is 9.84 Å². The van der Waals surface area contributed by atoms with E-state index in [2.05, 4.69) is 4.98 Å². The zero-order valence-electron chi connectivity index (χ0n) is 9.71. The van der Waals surface area contributed by atoms with Crippen molar-refractivity contribution in [3.63, 3.8) is 0 Å². The number of carboxylic acids is 1. The number of hydrogen-bond acceptors (Lipinski definition) is 5. The lowest BCUT2D eigenvalue weighted by atomic mass is 10.4. The Hall–Kier alpha value is -2.15. The van der Waals surface area contributed by atoms with Crippen molar-refractivity contribution < 1.29 is 14.6 Å². The van der Waals surface area contributed by atoms with Crippen LogP contribution < -0.4 is 10.3 Å². The quantitative estimate of drug-likeness (QED) is 0.905. The van der Waals surface area contributed by atoms with Gasteiger partial charge in [0.1, 0.15) is 10.6 Å². The fourth-order valence-corrected chi connectivity index (χ4v) is 2.32. The standard InChI is InChI=1S/C11H10N2O4S/c1-6-9(10(15)16)18-11(12-6)13-4-3-7(17-2)5-8(13)14/h3-5H,1-2H3,(H,15,16). The molecule has 0 unspecified atom stereocenters. The molecule has 1 N–H and O–H groups in total. The molecular weight excluding hydrogens is 256 g/mol. The molecule has 0 atom stereocenters. The lowest BCUT2D eigenvalue weighted by Crippen LogP contribution is -2.16. The van der Waals surface area contributed by atoms with Gasteiger partial charge in [-0.15, -0.1) is 0 Å². The van der Waals surface area contributed by atoms with Crippen molar-refractivity contribution in [2.24, 2.45) is 0 Å². The molecule has 0 saturated carbocycles. The second-order valence-electron chi connectivity index (χ2n) is 3.49. The third kappa shape index (κ3) is 2.12. The molecule has 7 heteroatoms. The number of carboxylic acid groups (broad SMARTS) is 1. The van der Waals surface area contributed by atoms with E-state index in [0.717, 1.165) is 11.3 Å². The number of ether oxygens (including phenoxy) is 1. The molecule has 0 aromatic carbocycles. The van der Waals surface area contributed by atoms with E-state index in [1.807, 2.05) is 0 Å². The SMILES string of the molecule is COc1ccn(-c2nc(C)c(C(=O)O)s2)c(=O)c1. The summed E-state index contributed by atoms with van der Waals surface area (Å²) in [6, 6.07) is 2.93. The number of methoxy groups -OCH3 is 1. The van der Waals surface area contributed by atoms with Gasteiger partial charge in [-0.1, -0.05) is 11.3 Å². The number of nitrogens with zero attached hydrogens (tertiary/aromatic N) is 2. The molecule has 2 heterocycles. The van der Waals surface area contributed by atoms with Crippen molar-refractivity contribution in [3.8, 4) is 10.9 Å². The molecule has 2 aromatic rings. The van der Waals surface area contributed by atoms with Crippen LogP contribution in [-0.2, 0) is 0 Å². The normalized spacial score (nSPS) is 10.3. The number of carbonyl (C=O) groups is 1. The minimum atomic E-state index is -1.04. The first-order chi connectivity index (χ1) is 8.52. The third-order valence-electron chi connectivity index (χ3n) is 2.31. The Morgan fingerprint density at radius 1 is 1.56 bits per heavy atom. The summed E-state index contributed by atoms with van der Waals surface area (Å²) in [6.45, 7) is 1.60. The molecule has 2 aromatic heterocycles. The topological polar surface area (TPSA) is 81.4 Å². The van der Waals surface area contributed by atoms with E-state index in [0.29, 0.717) is 16.6 Å². The summed E-state index contributed by atoms with van der Waals surface area (Å²) >= 11 is 0.960. The number of rotatable bonds is 3. The highest BCUT2D eigenvalue weighted by molar-refractivity contribution is 7.16. The number of aromatic carboxylic acids is 1. The van der Waals surface area contributed by atoms with E-state index in [1.165, 1.54) is 23.9 Å².